The van der Waals surface area contributed by atoms with Crippen molar-refractivity contribution >= 4 is 6.29 Å². The van der Waals surface area contributed by atoms with Gasteiger partial charge in [0.1, 0.15) is 6.29 Å². The van der Waals surface area contributed by atoms with Gasteiger partial charge >= 0.3 is 0 Å². The fourth-order valence-electron chi connectivity index (χ4n) is 3.76. The topological polar surface area (TPSA) is 37.3 Å². The molecule has 2 rings (SSSR count). The molecule has 0 unspecified atom stereocenters. The first-order valence-corrected chi connectivity index (χ1v) is 6.87. The Bertz CT molecular complexity index is 332. The molecule has 0 radical (unpaired) electrons. The van der Waals surface area contributed by atoms with E-state index in [1.807, 2.05) is 0 Å². The van der Waals surface area contributed by atoms with Crippen molar-refractivity contribution in [2.75, 3.05) is 0 Å². The number of fused-ring (bicyclic) bond motifs is 1. The maximum absolute atomic E-state index is 10.9. The highest BCUT2D eigenvalue weighted by Gasteiger charge is 2.49. The molecule has 1 saturated carbocycles. The lowest BCUT2D eigenvalue weighted by atomic mass is 9.57. The predicted molar refractivity (Wildman–Crippen MR) is 68.5 cm³/mol. The molecule has 0 heterocycles. The minimum atomic E-state index is -0.570. The van der Waals surface area contributed by atoms with Crippen molar-refractivity contribution in [3.8, 4) is 0 Å². The van der Waals surface area contributed by atoms with Gasteiger partial charge in [-0.15, -0.1) is 0 Å². The average Bonchev–Trinajstić information content (AvgIpc) is 2.30. The smallest absolute Gasteiger partial charge is 0.145 e. The molecule has 4 atom stereocenters. The number of aldehydes is 1. The highest BCUT2D eigenvalue weighted by molar-refractivity contribution is 5.73. The molecule has 96 valence electrons. The molecule has 0 amide bonds. The van der Waals surface area contributed by atoms with Crippen LogP contribution in [0.5, 0.6) is 0 Å². The minimum Gasteiger partial charge on any atom is -0.389 e. The van der Waals surface area contributed by atoms with E-state index in [-0.39, 0.29) is 5.92 Å². The molecule has 1 fully saturated rings. The SMILES string of the molecule is CC(C)[C@@H]1CC[C@@H](C)[C@]2(O)CCC(C=O)=C[C@@H]12. The second-order valence-electron chi connectivity index (χ2n) is 6.26. The van der Waals surface area contributed by atoms with Crippen LogP contribution in [0.15, 0.2) is 11.6 Å². The summed E-state index contributed by atoms with van der Waals surface area (Å²) in [5.74, 6) is 1.62. The fourth-order valence-corrected chi connectivity index (χ4v) is 3.76. The lowest BCUT2D eigenvalue weighted by molar-refractivity contribution is -0.115. The van der Waals surface area contributed by atoms with Crippen molar-refractivity contribution in [1.82, 2.24) is 0 Å². The molecule has 2 nitrogen and oxygen atoms in total. The van der Waals surface area contributed by atoms with Gasteiger partial charge in [-0.1, -0.05) is 26.8 Å². The van der Waals surface area contributed by atoms with Crippen LogP contribution in [0.3, 0.4) is 0 Å². The van der Waals surface area contributed by atoms with E-state index in [0.717, 1.165) is 31.1 Å². The molecule has 0 aliphatic heterocycles. The zero-order chi connectivity index (χ0) is 12.6. The summed E-state index contributed by atoms with van der Waals surface area (Å²) in [5.41, 5.74) is 0.319. The zero-order valence-corrected chi connectivity index (χ0v) is 11.1. The lowest BCUT2D eigenvalue weighted by Gasteiger charge is -2.51. The molecule has 2 aliphatic rings. The van der Waals surface area contributed by atoms with E-state index in [1.165, 1.54) is 6.42 Å². The molecule has 17 heavy (non-hydrogen) atoms. The number of rotatable bonds is 2. The Morgan fingerprint density at radius 1 is 1.47 bits per heavy atom. The summed E-state index contributed by atoms with van der Waals surface area (Å²) < 4.78 is 0. The van der Waals surface area contributed by atoms with Crippen LogP contribution in [0.1, 0.15) is 46.5 Å². The normalized spacial score (nSPS) is 41.9. The summed E-state index contributed by atoms with van der Waals surface area (Å²) in [4.78, 5) is 10.9. The lowest BCUT2D eigenvalue weighted by Crippen LogP contribution is -2.52. The maximum Gasteiger partial charge on any atom is 0.145 e. The molecule has 0 saturated heterocycles. The molecule has 2 aliphatic carbocycles. The molecule has 0 aromatic rings. The van der Waals surface area contributed by atoms with Gasteiger partial charge in [-0.25, -0.2) is 0 Å². The van der Waals surface area contributed by atoms with Crippen molar-refractivity contribution in [2.45, 2.75) is 52.1 Å². The van der Waals surface area contributed by atoms with Gasteiger partial charge in [-0.05, 0) is 49.0 Å². The molecule has 0 bridgehead atoms. The highest BCUT2D eigenvalue weighted by Crippen LogP contribution is 2.50. The van der Waals surface area contributed by atoms with Crippen LogP contribution in [0.4, 0.5) is 0 Å². The third-order valence-electron chi connectivity index (χ3n) is 5.04. The van der Waals surface area contributed by atoms with Crippen molar-refractivity contribution in [3.63, 3.8) is 0 Å². The van der Waals surface area contributed by atoms with Crippen molar-refractivity contribution in [2.24, 2.45) is 23.7 Å². The molecule has 0 aromatic heterocycles. The molecular formula is C15H24O2. The molecular weight excluding hydrogens is 212 g/mol. The van der Waals surface area contributed by atoms with Gasteiger partial charge < -0.3 is 5.11 Å². The summed E-state index contributed by atoms with van der Waals surface area (Å²) in [6.45, 7) is 6.61. The average molecular weight is 236 g/mol. The summed E-state index contributed by atoms with van der Waals surface area (Å²) >= 11 is 0. The van der Waals surface area contributed by atoms with Crippen LogP contribution in [0.2, 0.25) is 0 Å². The third-order valence-corrected chi connectivity index (χ3v) is 5.04. The van der Waals surface area contributed by atoms with E-state index in [4.69, 9.17) is 0 Å². The Morgan fingerprint density at radius 3 is 2.76 bits per heavy atom. The van der Waals surface area contributed by atoms with Crippen LogP contribution in [0.25, 0.3) is 0 Å². The monoisotopic (exact) mass is 236 g/mol. The molecule has 0 aromatic carbocycles. The standard InChI is InChI=1S/C15H24O2/c1-10(2)13-5-4-11(3)15(17)7-6-12(9-16)8-14(13)15/h8-11,13-14,17H,4-7H2,1-3H3/t11-,13+,14+,15-/m1/s1. The number of hydrogen-bond donors (Lipinski definition) is 1. The summed E-state index contributed by atoms with van der Waals surface area (Å²) in [6.07, 6.45) is 6.82. The summed E-state index contributed by atoms with van der Waals surface area (Å²) in [5, 5.41) is 10.9. The Kier molecular flexibility index (Phi) is 3.44. The first kappa shape index (κ1) is 12.8. The first-order chi connectivity index (χ1) is 7.99. The minimum absolute atomic E-state index is 0.181. The van der Waals surface area contributed by atoms with Gasteiger partial charge in [-0.2, -0.15) is 0 Å². The summed E-state index contributed by atoms with van der Waals surface area (Å²) in [7, 11) is 0. The van der Waals surface area contributed by atoms with Crippen molar-refractivity contribution in [1.29, 1.82) is 0 Å². The van der Waals surface area contributed by atoms with Crippen molar-refractivity contribution in [3.05, 3.63) is 11.6 Å². The highest BCUT2D eigenvalue weighted by atomic mass is 16.3. The maximum atomic E-state index is 10.9. The molecule has 2 heteroatoms. The van der Waals surface area contributed by atoms with Crippen LogP contribution in [0, 0.1) is 23.7 Å². The van der Waals surface area contributed by atoms with Gasteiger partial charge in [0.2, 0.25) is 0 Å². The number of carbonyl (C=O) groups is 1. The van der Waals surface area contributed by atoms with Crippen LogP contribution in [-0.2, 0) is 4.79 Å². The van der Waals surface area contributed by atoms with E-state index in [9.17, 15) is 9.90 Å². The Hall–Kier alpha value is -0.630. The molecule has 1 N–H and O–H groups in total. The Balaban J connectivity index is 2.35. The second-order valence-corrected chi connectivity index (χ2v) is 6.26. The van der Waals surface area contributed by atoms with Crippen LogP contribution in [-0.4, -0.2) is 17.0 Å². The second kappa shape index (κ2) is 4.56. The quantitative estimate of drug-likeness (QED) is 0.748. The van der Waals surface area contributed by atoms with Gasteiger partial charge in [0.25, 0.3) is 0 Å². The van der Waals surface area contributed by atoms with E-state index in [2.05, 4.69) is 26.8 Å². The van der Waals surface area contributed by atoms with E-state index in [0.29, 0.717) is 17.8 Å². The molecule has 0 spiro atoms. The Labute approximate surface area is 104 Å². The number of allylic oxidation sites excluding steroid dienone is 1. The third kappa shape index (κ3) is 2.08. The van der Waals surface area contributed by atoms with Gasteiger partial charge in [-0.3, -0.25) is 4.79 Å². The van der Waals surface area contributed by atoms with Crippen molar-refractivity contribution < 1.29 is 9.90 Å². The number of hydrogen-bond acceptors (Lipinski definition) is 2. The van der Waals surface area contributed by atoms with E-state index >= 15 is 0 Å². The van der Waals surface area contributed by atoms with Crippen LogP contribution < -0.4 is 0 Å². The summed E-state index contributed by atoms with van der Waals surface area (Å²) in [6, 6.07) is 0. The largest absolute Gasteiger partial charge is 0.389 e. The Morgan fingerprint density at radius 2 is 2.18 bits per heavy atom. The predicted octanol–water partition coefficient (Wildman–Crippen LogP) is 2.95. The number of carbonyl (C=O) groups excluding carboxylic acids is 1. The zero-order valence-electron chi connectivity index (χ0n) is 11.1. The number of aliphatic hydroxyl groups is 1. The fraction of sp³-hybridized carbons (Fsp3) is 0.800. The van der Waals surface area contributed by atoms with Crippen LogP contribution >= 0.6 is 0 Å². The first-order valence-electron chi connectivity index (χ1n) is 6.87. The van der Waals surface area contributed by atoms with Gasteiger partial charge in [0.15, 0.2) is 0 Å². The van der Waals surface area contributed by atoms with E-state index in [1.54, 1.807) is 0 Å². The van der Waals surface area contributed by atoms with Gasteiger partial charge in [0.05, 0.1) is 5.60 Å². The van der Waals surface area contributed by atoms with E-state index < -0.39 is 5.60 Å². The van der Waals surface area contributed by atoms with Gasteiger partial charge in [0, 0.05) is 5.92 Å².